The van der Waals surface area contributed by atoms with Crippen LogP contribution in [0.3, 0.4) is 0 Å². The largest absolute Gasteiger partial charge is 0.482 e. The van der Waals surface area contributed by atoms with Crippen LogP contribution in [0.1, 0.15) is 39.5 Å². The molecule has 164 valence electrons. The van der Waals surface area contributed by atoms with Crippen molar-refractivity contribution in [3.05, 3.63) is 48.5 Å². The van der Waals surface area contributed by atoms with Crippen molar-refractivity contribution >= 4 is 27.9 Å². The summed E-state index contributed by atoms with van der Waals surface area (Å²) in [6, 6.07) is 15.0. The van der Waals surface area contributed by atoms with Crippen LogP contribution < -0.4 is 9.64 Å². The molecule has 0 saturated carbocycles. The summed E-state index contributed by atoms with van der Waals surface area (Å²) in [5.41, 5.74) is 1.48. The fraction of sp³-hybridized carbons (Fsp3) is 0.435. The lowest BCUT2D eigenvalue weighted by atomic mass is 9.81. The van der Waals surface area contributed by atoms with E-state index in [0.717, 1.165) is 37.1 Å². The Balaban J connectivity index is 2.11. The number of carboxylic acid groups (broad SMARTS) is 1. The van der Waals surface area contributed by atoms with Crippen LogP contribution in [0.15, 0.2) is 53.4 Å². The second kappa shape index (κ2) is 9.29. The molecule has 1 aliphatic heterocycles. The molecule has 1 atom stereocenters. The zero-order valence-electron chi connectivity index (χ0n) is 17.6. The van der Waals surface area contributed by atoms with Crippen LogP contribution in [-0.4, -0.2) is 39.1 Å². The zero-order chi connectivity index (χ0) is 21.8. The number of nitrogens with zero attached hydrogens (tertiary/aromatic N) is 1. The van der Waals surface area contributed by atoms with Crippen LogP contribution in [0.2, 0.25) is 0 Å². The van der Waals surface area contributed by atoms with Crippen molar-refractivity contribution < 1.29 is 23.7 Å². The van der Waals surface area contributed by atoms with E-state index in [1.165, 1.54) is 0 Å². The number of para-hydroxylation sites is 1. The van der Waals surface area contributed by atoms with Crippen LogP contribution in [0.5, 0.6) is 5.75 Å². The van der Waals surface area contributed by atoms with Crippen LogP contribution in [-0.2, 0) is 4.79 Å². The van der Waals surface area contributed by atoms with Gasteiger partial charge in [0.25, 0.3) is 0 Å². The van der Waals surface area contributed by atoms with Crippen LogP contribution in [0.4, 0.5) is 11.4 Å². The van der Waals surface area contributed by atoms with Crippen molar-refractivity contribution in [3.8, 4) is 5.75 Å². The first-order chi connectivity index (χ1) is 14.3. The number of unbranched alkanes of at least 4 members (excludes halogenated alkanes) is 1. The zero-order valence-corrected chi connectivity index (χ0v) is 18.4. The average Bonchev–Trinajstić information content (AvgIpc) is 2.84. The standard InChI is InChI=1S/C23H31NO5S/c1-3-5-13-23(4-2)16-24(18-9-7-6-8-10-18)20-12-11-19(29-15-22(25)26)14-21(20)30(27,28)17-23/h6-12,14,27-28H,3-5,13,15-17H2,1-2H3,(H,25,26). The van der Waals surface area contributed by atoms with Gasteiger partial charge in [-0.25, -0.2) is 4.79 Å². The first kappa shape index (κ1) is 22.5. The summed E-state index contributed by atoms with van der Waals surface area (Å²) < 4.78 is 27.9. The molecule has 3 rings (SSSR count). The molecule has 2 aromatic rings. The van der Waals surface area contributed by atoms with Gasteiger partial charge in [0, 0.05) is 29.5 Å². The number of carbonyl (C=O) groups is 1. The molecule has 7 heteroatoms. The van der Waals surface area contributed by atoms with Gasteiger partial charge in [0.15, 0.2) is 6.61 Å². The van der Waals surface area contributed by atoms with Gasteiger partial charge in [-0.3, -0.25) is 9.11 Å². The smallest absolute Gasteiger partial charge is 0.341 e. The van der Waals surface area contributed by atoms with Gasteiger partial charge >= 0.3 is 5.97 Å². The van der Waals surface area contributed by atoms with E-state index in [4.69, 9.17) is 9.84 Å². The third-order valence-corrected chi connectivity index (χ3v) is 7.86. The average molecular weight is 434 g/mol. The van der Waals surface area contributed by atoms with E-state index in [0.29, 0.717) is 17.2 Å². The van der Waals surface area contributed by atoms with Crippen molar-refractivity contribution in [2.75, 3.05) is 23.8 Å². The van der Waals surface area contributed by atoms with E-state index >= 15 is 0 Å². The molecule has 0 aromatic heterocycles. The second-order valence-corrected chi connectivity index (χ2v) is 10.1. The lowest BCUT2D eigenvalue weighted by Crippen LogP contribution is -2.37. The molecule has 6 nitrogen and oxygen atoms in total. The van der Waals surface area contributed by atoms with Gasteiger partial charge in [0.05, 0.1) is 10.6 Å². The number of rotatable bonds is 8. The molecule has 1 unspecified atom stereocenters. The number of aliphatic carboxylic acids is 1. The van der Waals surface area contributed by atoms with E-state index < -0.39 is 23.2 Å². The summed E-state index contributed by atoms with van der Waals surface area (Å²) >= 11 is 0. The number of hydrogen-bond donors (Lipinski definition) is 3. The lowest BCUT2D eigenvalue weighted by molar-refractivity contribution is -0.139. The highest BCUT2D eigenvalue weighted by Gasteiger charge is 2.41. The Morgan fingerprint density at radius 1 is 1.17 bits per heavy atom. The third-order valence-electron chi connectivity index (χ3n) is 5.82. The van der Waals surface area contributed by atoms with Gasteiger partial charge < -0.3 is 14.7 Å². The molecule has 0 fully saturated rings. The molecular weight excluding hydrogens is 402 g/mol. The summed E-state index contributed by atoms with van der Waals surface area (Å²) in [5.74, 6) is -0.469. The van der Waals surface area contributed by atoms with Gasteiger partial charge in [-0.15, -0.1) is 0 Å². The molecule has 1 heterocycles. The molecule has 0 saturated heterocycles. The Morgan fingerprint density at radius 3 is 2.53 bits per heavy atom. The molecule has 2 aromatic carbocycles. The highest BCUT2D eigenvalue weighted by Crippen LogP contribution is 2.61. The molecule has 0 spiro atoms. The first-order valence-corrected chi connectivity index (χ1v) is 12.1. The first-order valence-electron chi connectivity index (χ1n) is 10.4. The number of anilines is 2. The minimum atomic E-state index is -3.10. The number of ether oxygens (including phenoxy) is 1. The molecule has 0 aliphatic carbocycles. The molecule has 0 amide bonds. The molecule has 0 bridgehead atoms. The second-order valence-electron chi connectivity index (χ2n) is 8.00. The summed E-state index contributed by atoms with van der Waals surface area (Å²) in [4.78, 5) is 13.5. The fourth-order valence-electron chi connectivity index (χ4n) is 4.12. The number of fused-ring (bicyclic) bond motifs is 1. The third kappa shape index (κ3) is 4.91. The molecule has 0 radical (unpaired) electrons. The summed E-state index contributed by atoms with van der Waals surface area (Å²) in [7, 11) is -3.10. The maximum atomic E-state index is 11.3. The predicted octanol–water partition coefficient (Wildman–Crippen LogP) is 6.00. The number of benzene rings is 2. The Labute approximate surface area is 179 Å². The van der Waals surface area contributed by atoms with E-state index in [1.54, 1.807) is 18.2 Å². The van der Waals surface area contributed by atoms with Crippen LogP contribution in [0.25, 0.3) is 0 Å². The Bertz CT molecular complexity index is 873. The fourth-order valence-corrected chi connectivity index (χ4v) is 6.38. The SMILES string of the molecule is CCCCC1(CC)CN(c2ccccc2)c2ccc(OCC(=O)O)cc2S(O)(O)C1. The van der Waals surface area contributed by atoms with Gasteiger partial charge in [-0.2, -0.15) is 10.6 Å². The minimum Gasteiger partial charge on any atom is -0.482 e. The number of carboxylic acids is 1. The predicted molar refractivity (Wildman–Crippen MR) is 121 cm³/mol. The molecule has 1 aliphatic rings. The summed E-state index contributed by atoms with van der Waals surface area (Å²) in [5, 5.41) is 8.91. The van der Waals surface area contributed by atoms with Crippen LogP contribution in [0, 0.1) is 5.41 Å². The Hall–Kier alpha value is -2.22. The quantitative estimate of drug-likeness (QED) is 0.473. The van der Waals surface area contributed by atoms with Gasteiger partial charge in [0.2, 0.25) is 0 Å². The van der Waals surface area contributed by atoms with Crippen molar-refractivity contribution in [1.82, 2.24) is 0 Å². The lowest BCUT2D eigenvalue weighted by Gasteiger charge is -2.41. The highest BCUT2D eigenvalue weighted by atomic mass is 32.3. The van der Waals surface area contributed by atoms with E-state index in [1.807, 2.05) is 30.3 Å². The Morgan fingerprint density at radius 2 is 1.90 bits per heavy atom. The van der Waals surface area contributed by atoms with Gasteiger partial charge in [-0.05, 0) is 37.1 Å². The summed E-state index contributed by atoms with van der Waals surface area (Å²) in [6.07, 6.45) is 3.82. The van der Waals surface area contributed by atoms with E-state index in [-0.39, 0.29) is 11.2 Å². The summed E-state index contributed by atoms with van der Waals surface area (Å²) in [6.45, 7) is 4.47. The van der Waals surface area contributed by atoms with Crippen molar-refractivity contribution in [1.29, 1.82) is 0 Å². The van der Waals surface area contributed by atoms with Crippen molar-refractivity contribution in [3.63, 3.8) is 0 Å². The maximum absolute atomic E-state index is 11.3. The Kier molecular flexibility index (Phi) is 6.95. The van der Waals surface area contributed by atoms with Crippen molar-refractivity contribution in [2.24, 2.45) is 5.41 Å². The van der Waals surface area contributed by atoms with Crippen LogP contribution >= 0.6 is 10.6 Å². The van der Waals surface area contributed by atoms with Crippen molar-refractivity contribution in [2.45, 2.75) is 44.4 Å². The molecule has 30 heavy (non-hydrogen) atoms. The van der Waals surface area contributed by atoms with E-state index in [9.17, 15) is 13.9 Å². The van der Waals surface area contributed by atoms with Gasteiger partial charge in [0.1, 0.15) is 5.75 Å². The minimum absolute atomic E-state index is 0.244. The molecular formula is C23H31NO5S. The van der Waals surface area contributed by atoms with Gasteiger partial charge in [-0.1, -0.05) is 44.9 Å². The highest BCUT2D eigenvalue weighted by molar-refractivity contribution is 8.24. The topological polar surface area (TPSA) is 90.2 Å². The monoisotopic (exact) mass is 433 g/mol. The molecule has 3 N–H and O–H groups in total. The van der Waals surface area contributed by atoms with E-state index in [2.05, 4.69) is 18.7 Å². The maximum Gasteiger partial charge on any atom is 0.341 e. The normalized spacial score (nSPS) is 21.4. The number of hydrogen-bond acceptors (Lipinski definition) is 5.